The summed E-state index contributed by atoms with van der Waals surface area (Å²) >= 11 is 0. The van der Waals surface area contributed by atoms with E-state index in [1.165, 1.54) is 24.3 Å². The minimum absolute atomic E-state index is 0.264. The van der Waals surface area contributed by atoms with E-state index in [4.69, 9.17) is 0 Å². The lowest BCUT2D eigenvalue weighted by molar-refractivity contribution is -0.115. The molecule has 4 heteroatoms. The second-order valence-electron chi connectivity index (χ2n) is 4.52. The van der Waals surface area contributed by atoms with Gasteiger partial charge in [-0.1, -0.05) is 17.7 Å². The first-order valence-corrected chi connectivity index (χ1v) is 6.20. The Morgan fingerprint density at radius 3 is 2.20 bits per heavy atom. The second kappa shape index (κ2) is 6.10. The van der Waals surface area contributed by atoms with Gasteiger partial charge in [0.05, 0.1) is 6.42 Å². The lowest BCUT2D eigenvalue weighted by Gasteiger charge is -2.05. The molecular formula is C16H14FNO2. The van der Waals surface area contributed by atoms with Gasteiger partial charge in [-0.05, 0) is 43.3 Å². The fourth-order valence-electron chi connectivity index (χ4n) is 1.73. The van der Waals surface area contributed by atoms with Crippen molar-refractivity contribution in [3.8, 4) is 0 Å². The number of hydrogen-bond donors (Lipinski definition) is 1. The summed E-state index contributed by atoms with van der Waals surface area (Å²) in [6.45, 7) is 1.95. The molecule has 0 saturated carbocycles. The second-order valence-corrected chi connectivity index (χ2v) is 4.52. The van der Waals surface area contributed by atoms with Crippen molar-refractivity contribution in [3.05, 3.63) is 65.5 Å². The first-order chi connectivity index (χ1) is 9.54. The Bertz CT molecular complexity index is 618. The molecule has 0 aliphatic rings. The summed E-state index contributed by atoms with van der Waals surface area (Å²) in [5.74, 6) is -1.14. The predicted molar refractivity (Wildman–Crippen MR) is 75.2 cm³/mol. The predicted octanol–water partition coefficient (Wildman–Crippen LogP) is 3.35. The van der Waals surface area contributed by atoms with Gasteiger partial charge in [-0.25, -0.2) is 4.39 Å². The van der Waals surface area contributed by atoms with Gasteiger partial charge in [-0.3, -0.25) is 9.59 Å². The van der Waals surface area contributed by atoms with Crippen LogP contribution in [0, 0.1) is 12.7 Å². The summed E-state index contributed by atoms with van der Waals surface area (Å²) in [5, 5.41) is 2.65. The highest BCUT2D eigenvalue weighted by Gasteiger charge is 2.12. The normalized spacial score (nSPS) is 10.1. The molecule has 0 saturated heterocycles. The number of hydrogen-bond acceptors (Lipinski definition) is 2. The van der Waals surface area contributed by atoms with E-state index in [2.05, 4.69) is 5.32 Å². The number of halogens is 1. The Hall–Kier alpha value is -2.49. The van der Waals surface area contributed by atoms with Crippen LogP contribution in [0.5, 0.6) is 0 Å². The topological polar surface area (TPSA) is 46.2 Å². The number of anilines is 1. The smallest absolute Gasteiger partial charge is 0.232 e. The number of ketones is 1. The molecule has 102 valence electrons. The molecule has 0 fully saturated rings. The van der Waals surface area contributed by atoms with Gasteiger partial charge >= 0.3 is 0 Å². The standard InChI is InChI=1S/C16H14FNO2/c1-11-2-8-14(9-3-11)18-16(20)10-15(19)12-4-6-13(17)7-5-12/h2-9H,10H2,1H3,(H,18,20). The summed E-state index contributed by atoms with van der Waals surface area (Å²) in [5.41, 5.74) is 2.06. The van der Waals surface area contributed by atoms with E-state index >= 15 is 0 Å². The van der Waals surface area contributed by atoms with Crippen molar-refractivity contribution < 1.29 is 14.0 Å². The Morgan fingerprint density at radius 1 is 1.00 bits per heavy atom. The molecule has 2 aromatic rings. The average molecular weight is 271 g/mol. The van der Waals surface area contributed by atoms with Crippen LogP contribution in [0.1, 0.15) is 22.3 Å². The van der Waals surface area contributed by atoms with E-state index in [9.17, 15) is 14.0 Å². The monoisotopic (exact) mass is 271 g/mol. The van der Waals surface area contributed by atoms with Crippen LogP contribution in [-0.2, 0) is 4.79 Å². The fourth-order valence-corrected chi connectivity index (χ4v) is 1.73. The minimum Gasteiger partial charge on any atom is -0.326 e. The molecule has 0 aromatic heterocycles. The van der Waals surface area contributed by atoms with Crippen molar-refractivity contribution in [1.29, 1.82) is 0 Å². The molecule has 0 spiro atoms. The zero-order valence-electron chi connectivity index (χ0n) is 11.0. The maximum Gasteiger partial charge on any atom is 0.232 e. The highest BCUT2D eigenvalue weighted by atomic mass is 19.1. The summed E-state index contributed by atoms with van der Waals surface area (Å²) in [7, 11) is 0. The van der Waals surface area contributed by atoms with Crippen LogP contribution in [0.3, 0.4) is 0 Å². The van der Waals surface area contributed by atoms with Crippen molar-refractivity contribution in [2.45, 2.75) is 13.3 Å². The van der Waals surface area contributed by atoms with Crippen LogP contribution in [0.4, 0.5) is 10.1 Å². The lowest BCUT2D eigenvalue weighted by atomic mass is 10.1. The number of amides is 1. The zero-order valence-corrected chi connectivity index (χ0v) is 11.0. The maximum atomic E-state index is 12.7. The Morgan fingerprint density at radius 2 is 1.60 bits per heavy atom. The third-order valence-corrected chi connectivity index (χ3v) is 2.82. The molecule has 2 aromatic carbocycles. The molecule has 20 heavy (non-hydrogen) atoms. The number of aryl methyl sites for hydroxylation is 1. The Balaban J connectivity index is 1.95. The van der Waals surface area contributed by atoms with E-state index in [0.29, 0.717) is 11.3 Å². The van der Waals surface area contributed by atoms with Crippen LogP contribution in [0.15, 0.2) is 48.5 Å². The maximum absolute atomic E-state index is 12.7. The molecule has 0 radical (unpaired) electrons. The Kier molecular flexibility index (Phi) is 4.25. The van der Waals surface area contributed by atoms with Gasteiger partial charge < -0.3 is 5.32 Å². The van der Waals surface area contributed by atoms with Gasteiger partial charge in [0.2, 0.25) is 5.91 Å². The molecule has 0 heterocycles. The molecular weight excluding hydrogens is 257 g/mol. The minimum atomic E-state index is -0.411. The van der Waals surface area contributed by atoms with Crippen LogP contribution < -0.4 is 5.32 Å². The third kappa shape index (κ3) is 3.75. The SMILES string of the molecule is Cc1ccc(NC(=O)CC(=O)c2ccc(F)cc2)cc1. The molecule has 3 nitrogen and oxygen atoms in total. The summed E-state index contributed by atoms with van der Waals surface area (Å²) in [4.78, 5) is 23.6. The van der Waals surface area contributed by atoms with E-state index in [-0.39, 0.29) is 18.1 Å². The van der Waals surface area contributed by atoms with Gasteiger partial charge in [-0.2, -0.15) is 0 Å². The first kappa shape index (κ1) is 13.9. The van der Waals surface area contributed by atoms with Crippen molar-refractivity contribution in [2.24, 2.45) is 0 Å². The molecule has 1 amide bonds. The Labute approximate surface area is 116 Å². The number of rotatable bonds is 4. The van der Waals surface area contributed by atoms with E-state index in [1.54, 1.807) is 12.1 Å². The van der Waals surface area contributed by atoms with Gasteiger partial charge in [-0.15, -0.1) is 0 Å². The van der Waals surface area contributed by atoms with Gasteiger partial charge in [0, 0.05) is 11.3 Å². The first-order valence-electron chi connectivity index (χ1n) is 6.20. The molecule has 2 rings (SSSR count). The number of Topliss-reactive ketones (excluding diaryl/α,β-unsaturated/α-hetero) is 1. The van der Waals surface area contributed by atoms with E-state index < -0.39 is 5.82 Å². The number of carbonyl (C=O) groups excluding carboxylic acids is 2. The van der Waals surface area contributed by atoms with Crippen LogP contribution in [0.2, 0.25) is 0 Å². The van der Waals surface area contributed by atoms with Crippen LogP contribution >= 0.6 is 0 Å². The largest absolute Gasteiger partial charge is 0.326 e. The molecule has 0 unspecified atom stereocenters. The van der Waals surface area contributed by atoms with E-state index in [1.807, 2.05) is 19.1 Å². The molecule has 0 bridgehead atoms. The fraction of sp³-hybridized carbons (Fsp3) is 0.125. The van der Waals surface area contributed by atoms with E-state index in [0.717, 1.165) is 5.56 Å². The van der Waals surface area contributed by atoms with Crippen molar-refractivity contribution in [3.63, 3.8) is 0 Å². The molecule has 0 aliphatic carbocycles. The van der Waals surface area contributed by atoms with Crippen molar-refractivity contribution in [2.75, 3.05) is 5.32 Å². The lowest BCUT2D eigenvalue weighted by Crippen LogP contribution is -2.16. The molecule has 1 N–H and O–H groups in total. The third-order valence-electron chi connectivity index (χ3n) is 2.82. The van der Waals surface area contributed by atoms with Crippen molar-refractivity contribution >= 4 is 17.4 Å². The number of nitrogens with one attached hydrogen (secondary N) is 1. The number of benzene rings is 2. The van der Waals surface area contributed by atoms with Gasteiger partial charge in [0.1, 0.15) is 5.82 Å². The summed E-state index contributed by atoms with van der Waals surface area (Å²) in [6.07, 6.45) is -0.264. The summed E-state index contributed by atoms with van der Waals surface area (Å²) in [6, 6.07) is 12.4. The van der Waals surface area contributed by atoms with Gasteiger partial charge in [0.25, 0.3) is 0 Å². The van der Waals surface area contributed by atoms with Crippen LogP contribution in [-0.4, -0.2) is 11.7 Å². The van der Waals surface area contributed by atoms with Crippen LogP contribution in [0.25, 0.3) is 0 Å². The zero-order chi connectivity index (χ0) is 14.5. The molecule has 0 atom stereocenters. The van der Waals surface area contributed by atoms with Crippen molar-refractivity contribution in [1.82, 2.24) is 0 Å². The highest BCUT2D eigenvalue weighted by Crippen LogP contribution is 2.10. The highest BCUT2D eigenvalue weighted by molar-refractivity contribution is 6.10. The number of carbonyl (C=O) groups is 2. The molecule has 0 aliphatic heterocycles. The average Bonchev–Trinajstić information content (AvgIpc) is 2.42. The van der Waals surface area contributed by atoms with Gasteiger partial charge in [0.15, 0.2) is 5.78 Å². The summed E-state index contributed by atoms with van der Waals surface area (Å²) < 4.78 is 12.7. The quantitative estimate of drug-likeness (QED) is 0.684.